The summed E-state index contributed by atoms with van der Waals surface area (Å²) in [6, 6.07) is 12.2. The lowest BCUT2D eigenvalue weighted by atomic mass is 10.2. The zero-order valence-electron chi connectivity index (χ0n) is 12.3. The summed E-state index contributed by atoms with van der Waals surface area (Å²) in [7, 11) is 0. The highest BCUT2D eigenvalue weighted by Crippen LogP contribution is 2.25. The van der Waals surface area contributed by atoms with E-state index >= 15 is 0 Å². The van der Waals surface area contributed by atoms with Crippen molar-refractivity contribution < 1.29 is 9.53 Å². The number of nitrogens with zero attached hydrogens (tertiary/aromatic N) is 2. The van der Waals surface area contributed by atoms with Gasteiger partial charge in [-0.1, -0.05) is 35.9 Å². The Balaban J connectivity index is 1.84. The standard InChI is InChI=1S/C17H13ClN2O3/c1-11-6-7-14(18)15(8-11)23-16(21)10-20-17(22)13-5-3-2-4-12(13)9-19-20/h2-9H,10H2,1H3. The van der Waals surface area contributed by atoms with Gasteiger partial charge in [0.05, 0.1) is 16.6 Å². The van der Waals surface area contributed by atoms with E-state index in [0.29, 0.717) is 10.4 Å². The van der Waals surface area contributed by atoms with Gasteiger partial charge in [-0.25, -0.2) is 9.48 Å². The van der Waals surface area contributed by atoms with Gasteiger partial charge in [0.1, 0.15) is 12.3 Å². The molecule has 0 saturated carbocycles. The topological polar surface area (TPSA) is 61.2 Å². The number of hydrogen-bond acceptors (Lipinski definition) is 4. The van der Waals surface area contributed by atoms with Crippen LogP contribution in [0.4, 0.5) is 0 Å². The Morgan fingerprint density at radius 2 is 2.04 bits per heavy atom. The lowest BCUT2D eigenvalue weighted by Gasteiger charge is -2.08. The zero-order valence-corrected chi connectivity index (χ0v) is 13.1. The van der Waals surface area contributed by atoms with Crippen molar-refractivity contribution in [3.63, 3.8) is 0 Å². The van der Waals surface area contributed by atoms with Crippen molar-refractivity contribution in [3.05, 3.63) is 69.6 Å². The van der Waals surface area contributed by atoms with Crippen LogP contribution in [0.5, 0.6) is 5.75 Å². The number of esters is 1. The van der Waals surface area contributed by atoms with Crippen LogP contribution in [0.15, 0.2) is 53.5 Å². The molecular weight excluding hydrogens is 316 g/mol. The van der Waals surface area contributed by atoms with Gasteiger partial charge in [0.2, 0.25) is 0 Å². The van der Waals surface area contributed by atoms with E-state index < -0.39 is 5.97 Å². The van der Waals surface area contributed by atoms with E-state index in [1.54, 1.807) is 36.5 Å². The molecule has 0 fully saturated rings. The molecule has 23 heavy (non-hydrogen) atoms. The maximum Gasteiger partial charge on any atom is 0.333 e. The maximum atomic E-state index is 12.3. The number of aryl methyl sites for hydroxylation is 1. The second kappa shape index (κ2) is 6.22. The van der Waals surface area contributed by atoms with E-state index in [4.69, 9.17) is 16.3 Å². The van der Waals surface area contributed by atoms with Crippen LogP contribution in [0.2, 0.25) is 5.02 Å². The van der Waals surface area contributed by atoms with Crippen molar-refractivity contribution >= 4 is 28.3 Å². The van der Waals surface area contributed by atoms with E-state index in [9.17, 15) is 9.59 Å². The molecular formula is C17H13ClN2O3. The molecule has 1 heterocycles. The first kappa shape index (κ1) is 15.2. The maximum absolute atomic E-state index is 12.3. The Bertz CT molecular complexity index is 950. The summed E-state index contributed by atoms with van der Waals surface area (Å²) in [4.78, 5) is 24.4. The molecule has 0 aliphatic carbocycles. The highest BCUT2D eigenvalue weighted by Gasteiger charge is 2.12. The number of carbonyl (C=O) groups is 1. The van der Waals surface area contributed by atoms with E-state index in [-0.39, 0.29) is 17.9 Å². The van der Waals surface area contributed by atoms with Crippen LogP contribution >= 0.6 is 11.6 Å². The lowest BCUT2D eigenvalue weighted by Crippen LogP contribution is -2.28. The Morgan fingerprint density at radius 3 is 2.87 bits per heavy atom. The molecule has 1 aromatic heterocycles. The molecule has 0 aliphatic rings. The van der Waals surface area contributed by atoms with E-state index in [1.165, 1.54) is 0 Å². The van der Waals surface area contributed by atoms with Gasteiger partial charge in [0.15, 0.2) is 0 Å². The predicted octanol–water partition coefficient (Wildman–Crippen LogP) is 2.96. The third-order valence-electron chi connectivity index (χ3n) is 3.35. The number of fused-ring (bicyclic) bond motifs is 1. The monoisotopic (exact) mass is 328 g/mol. The molecule has 0 spiro atoms. The predicted molar refractivity (Wildman–Crippen MR) is 87.8 cm³/mol. The summed E-state index contributed by atoms with van der Waals surface area (Å²) in [6.45, 7) is 1.58. The van der Waals surface area contributed by atoms with Crippen LogP contribution in [-0.4, -0.2) is 15.7 Å². The molecule has 3 rings (SSSR count). The van der Waals surface area contributed by atoms with Crippen molar-refractivity contribution in [3.8, 4) is 5.75 Å². The molecule has 0 saturated heterocycles. The summed E-state index contributed by atoms with van der Waals surface area (Å²) < 4.78 is 6.30. The molecule has 0 bridgehead atoms. The van der Waals surface area contributed by atoms with Gasteiger partial charge in [-0.15, -0.1) is 0 Å². The van der Waals surface area contributed by atoms with Crippen molar-refractivity contribution in [1.82, 2.24) is 9.78 Å². The minimum absolute atomic E-state index is 0.269. The van der Waals surface area contributed by atoms with Crippen molar-refractivity contribution in [1.29, 1.82) is 0 Å². The highest BCUT2D eigenvalue weighted by molar-refractivity contribution is 6.32. The third-order valence-corrected chi connectivity index (χ3v) is 3.66. The molecule has 0 aliphatic heterocycles. The van der Waals surface area contributed by atoms with Crippen LogP contribution < -0.4 is 10.3 Å². The Labute approximate surface area is 137 Å². The van der Waals surface area contributed by atoms with Gasteiger partial charge >= 0.3 is 5.97 Å². The Morgan fingerprint density at radius 1 is 1.26 bits per heavy atom. The number of ether oxygens (including phenoxy) is 1. The zero-order chi connectivity index (χ0) is 16.4. The number of halogens is 1. The fourth-order valence-corrected chi connectivity index (χ4v) is 2.36. The number of rotatable bonds is 3. The summed E-state index contributed by atoms with van der Waals surface area (Å²) in [5.41, 5.74) is 0.577. The van der Waals surface area contributed by atoms with Crippen LogP contribution in [-0.2, 0) is 11.3 Å². The molecule has 0 atom stereocenters. The van der Waals surface area contributed by atoms with Crippen LogP contribution in [0.1, 0.15) is 5.56 Å². The van der Waals surface area contributed by atoms with Gasteiger partial charge in [0.25, 0.3) is 5.56 Å². The van der Waals surface area contributed by atoms with E-state index in [2.05, 4.69) is 5.10 Å². The first-order chi connectivity index (χ1) is 11.0. The molecule has 3 aromatic rings. The molecule has 0 radical (unpaired) electrons. The second-order valence-electron chi connectivity index (χ2n) is 5.10. The molecule has 5 nitrogen and oxygen atoms in total. The largest absolute Gasteiger partial charge is 0.424 e. The molecule has 6 heteroatoms. The van der Waals surface area contributed by atoms with Crippen LogP contribution in [0.25, 0.3) is 10.8 Å². The second-order valence-corrected chi connectivity index (χ2v) is 5.51. The van der Waals surface area contributed by atoms with Gasteiger partial charge < -0.3 is 4.74 Å². The SMILES string of the molecule is Cc1ccc(Cl)c(OC(=O)Cn2ncc3ccccc3c2=O)c1. The molecule has 0 amide bonds. The number of carbonyl (C=O) groups excluding carboxylic acids is 1. The number of aromatic nitrogens is 2. The van der Waals surface area contributed by atoms with Gasteiger partial charge in [-0.2, -0.15) is 5.10 Å². The fourth-order valence-electron chi connectivity index (χ4n) is 2.21. The highest BCUT2D eigenvalue weighted by atomic mass is 35.5. The average Bonchev–Trinajstić information content (AvgIpc) is 2.54. The van der Waals surface area contributed by atoms with E-state index in [1.807, 2.05) is 19.1 Å². The minimum atomic E-state index is -0.609. The normalized spacial score (nSPS) is 10.7. The Hall–Kier alpha value is -2.66. The van der Waals surface area contributed by atoms with Gasteiger partial charge in [0, 0.05) is 5.39 Å². The Kier molecular flexibility index (Phi) is 4.12. The summed E-state index contributed by atoms with van der Waals surface area (Å²) in [5, 5.41) is 5.56. The quantitative estimate of drug-likeness (QED) is 0.548. The number of hydrogen-bond donors (Lipinski definition) is 0. The fraction of sp³-hybridized carbons (Fsp3) is 0.118. The smallest absolute Gasteiger partial charge is 0.333 e. The molecule has 116 valence electrons. The number of benzene rings is 2. The third kappa shape index (κ3) is 3.24. The molecule has 0 unspecified atom stereocenters. The minimum Gasteiger partial charge on any atom is -0.424 e. The molecule has 0 N–H and O–H groups in total. The van der Waals surface area contributed by atoms with Crippen LogP contribution in [0, 0.1) is 6.92 Å². The van der Waals surface area contributed by atoms with Crippen LogP contribution in [0.3, 0.4) is 0 Å². The molecule has 2 aromatic carbocycles. The summed E-state index contributed by atoms with van der Waals surface area (Å²) in [5.74, 6) is -0.340. The summed E-state index contributed by atoms with van der Waals surface area (Å²) >= 11 is 5.99. The van der Waals surface area contributed by atoms with Crippen molar-refractivity contribution in [2.75, 3.05) is 0 Å². The van der Waals surface area contributed by atoms with Gasteiger partial charge in [-0.3, -0.25) is 4.79 Å². The average molecular weight is 329 g/mol. The van der Waals surface area contributed by atoms with E-state index in [0.717, 1.165) is 15.6 Å². The van der Waals surface area contributed by atoms with Crippen molar-refractivity contribution in [2.45, 2.75) is 13.5 Å². The summed E-state index contributed by atoms with van der Waals surface area (Å²) in [6.07, 6.45) is 1.55. The van der Waals surface area contributed by atoms with Gasteiger partial charge in [-0.05, 0) is 30.7 Å². The van der Waals surface area contributed by atoms with Crippen molar-refractivity contribution in [2.24, 2.45) is 0 Å². The first-order valence-corrected chi connectivity index (χ1v) is 7.34. The first-order valence-electron chi connectivity index (χ1n) is 6.96. The lowest BCUT2D eigenvalue weighted by molar-refractivity contribution is -0.135.